The lowest BCUT2D eigenvalue weighted by atomic mass is 9.93. The molecule has 124 valence electrons. The van der Waals surface area contributed by atoms with E-state index in [4.69, 9.17) is 0 Å². The first-order chi connectivity index (χ1) is 10.1. The van der Waals surface area contributed by atoms with E-state index in [9.17, 15) is 9.90 Å². The van der Waals surface area contributed by atoms with E-state index >= 15 is 0 Å². The topological polar surface area (TPSA) is 61.4 Å². The highest BCUT2D eigenvalue weighted by Gasteiger charge is 2.14. The zero-order chi connectivity index (χ0) is 15.1. The zero-order valence-electron chi connectivity index (χ0n) is 13.2. The molecule has 2 rings (SSSR count). The van der Waals surface area contributed by atoms with Gasteiger partial charge in [-0.25, -0.2) is 0 Å². The van der Waals surface area contributed by atoms with E-state index in [1.807, 2.05) is 24.3 Å². The quantitative estimate of drug-likeness (QED) is 0.753. The summed E-state index contributed by atoms with van der Waals surface area (Å²) < 4.78 is 0. The minimum atomic E-state index is -0.446. The zero-order valence-corrected chi connectivity index (χ0v) is 14.0. The fourth-order valence-electron chi connectivity index (χ4n) is 2.71. The Balaban J connectivity index is 0.00000242. The largest absolute Gasteiger partial charge is 0.389 e. The number of rotatable bonds is 6. The Morgan fingerprint density at radius 2 is 1.95 bits per heavy atom. The summed E-state index contributed by atoms with van der Waals surface area (Å²) in [6.07, 6.45) is 3.55. The van der Waals surface area contributed by atoms with E-state index in [1.165, 1.54) is 12.8 Å². The average Bonchev–Trinajstić information content (AvgIpc) is 2.52. The van der Waals surface area contributed by atoms with Crippen molar-refractivity contribution >= 4 is 18.3 Å². The lowest BCUT2D eigenvalue weighted by molar-refractivity contribution is -0.121. The molecule has 0 radical (unpaired) electrons. The van der Waals surface area contributed by atoms with Crippen LogP contribution in [-0.4, -0.2) is 24.1 Å². The van der Waals surface area contributed by atoms with Gasteiger partial charge in [-0.05, 0) is 56.3 Å². The van der Waals surface area contributed by atoms with Crippen LogP contribution in [0.2, 0.25) is 0 Å². The Labute approximate surface area is 139 Å². The van der Waals surface area contributed by atoms with Crippen molar-refractivity contribution in [1.29, 1.82) is 0 Å². The van der Waals surface area contributed by atoms with Crippen LogP contribution in [-0.2, 0) is 11.3 Å². The number of aliphatic hydroxyl groups excluding tert-OH is 1. The molecule has 1 atom stereocenters. The standard InChI is InChI=1S/C17H26N2O2.ClH/c1-13(20)16-5-2-15(3-6-16)12-19-17(21)7-4-14-8-10-18-11-9-14;/h2-3,5-6,13-14,18,20H,4,7-12H2,1H3,(H,19,21);1H. The van der Waals surface area contributed by atoms with Crippen LogP contribution < -0.4 is 10.6 Å². The monoisotopic (exact) mass is 326 g/mol. The van der Waals surface area contributed by atoms with Gasteiger partial charge in [0.2, 0.25) is 5.91 Å². The highest BCUT2D eigenvalue weighted by molar-refractivity contribution is 5.85. The predicted molar refractivity (Wildman–Crippen MR) is 91.0 cm³/mol. The van der Waals surface area contributed by atoms with Gasteiger partial charge >= 0.3 is 0 Å². The molecule has 0 aromatic heterocycles. The number of carbonyl (C=O) groups excluding carboxylic acids is 1. The third-order valence-electron chi connectivity index (χ3n) is 4.19. The van der Waals surface area contributed by atoms with Gasteiger partial charge in [-0.1, -0.05) is 24.3 Å². The molecule has 5 heteroatoms. The smallest absolute Gasteiger partial charge is 0.220 e. The van der Waals surface area contributed by atoms with Crippen LogP contribution in [0.3, 0.4) is 0 Å². The van der Waals surface area contributed by atoms with Crippen LogP contribution in [0.4, 0.5) is 0 Å². The van der Waals surface area contributed by atoms with Crippen molar-refractivity contribution in [3.8, 4) is 0 Å². The van der Waals surface area contributed by atoms with Gasteiger partial charge < -0.3 is 15.7 Å². The predicted octanol–water partition coefficient (Wildman–Crippen LogP) is 2.56. The van der Waals surface area contributed by atoms with Crippen molar-refractivity contribution < 1.29 is 9.90 Å². The van der Waals surface area contributed by atoms with Crippen LogP contribution in [0.15, 0.2) is 24.3 Å². The van der Waals surface area contributed by atoms with Crippen LogP contribution in [0.1, 0.15) is 49.8 Å². The number of nitrogens with one attached hydrogen (secondary N) is 2. The molecule has 1 aromatic carbocycles. The van der Waals surface area contributed by atoms with Crippen LogP contribution >= 0.6 is 12.4 Å². The molecule has 1 saturated heterocycles. The molecular formula is C17H27ClN2O2. The van der Waals surface area contributed by atoms with E-state index in [1.54, 1.807) is 6.92 Å². The maximum atomic E-state index is 11.9. The lowest BCUT2D eigenvalue weighted by Crippen LogP contribution is -2.29. The highest BCUT2D eigenvalue weighted by Crippen LogP contribution is 2.17. The van der Waals surface area contributed by atoms with E-state index in [2.05, 4.69) is 10.6 Å². The van der Waals surface area contributed by atoms with Gasteiger partial charge in [0, 0.05) is 13.0 Å². The van der Waals surface area contributed by atoms with Crippen molar-refractivity contribution in [1.82, 2.24) is 10.6 Å². The van der Waals surface area contributed by atoms with E-state index in [0.29, 0.717) is 18.9 Å². The summed E-state index contributed by atoms with van der Waals surface area (Å²) >= 11 is 0. The number of halogens is 1. The SMILES string of the molecule is CC(O)c1ccc(CNC(=O)CCC2CCNCC2)cc1.Cl. The number of hydrogen-bond acceptors (Lipinski definition) is 3. The lowest BCUT2D eigenvalue weighted by Gasteiger charge is -2.22. The van der Waals surface area contributed by atoms with Crippen LogP contribution in [0, 0.1) is 5.92 Å². The molecule has 0 spiro atoms. The van der Waals surface area contributed by atoms with Gasteiger partial charge in [0.25, 0.3) is 0 Å². The molecule has 0 bridgehead atoms. The van der Waals surface area contributed by atoms with Gasteiger partial charge in [0.1, 0.15) is 0 Å². The number of carbonyl (C=O) groups is 1. The molecule has 22 heavy (non-hydrogen) atoms. The first kappa shape index (κ1) is 18.9. The van der Waals surface area contributed by atoms with Crippen molar-refractivity contribution in [2.45, 2.75) is 45.3 Å². The molecule has 1 heterocycles. The number of amides is 1. The van der Waals surface area contributed by atoms with Crippen molar-refractivity contribution in [3.05, 3.63) is 35.4 Å². The van der Waals surface area contributed by atoms with E-state index in [-0.39, 0.29) is 18.3 Å². The number of hydrogen-bond donors (Lipinski definition) is 3. The summed E-state index contributed by atoms with van der Waals surface area (Å²) in [5.74, 6) is 0.829. The van der Waals surface area contributed by atoms with Crippen molar-refractivity contribution in [2.75, 3.05) is 13.1 Å². The minimum absolute atomic E-state index is 0. The Morgan fingerprint density at radius 3 is 2.55 bits per heavy atom. The Bertz CT molecular complexity index is 442. The first-order valence-corrected chi connectivity index (χ1v) is 7.89. The normalized spacial score (nSPS) is 16.6. The molecule has 1 aromatic rings. The maximum absolute atomic E-state index is 11.9. The highest BCUT2D eigenvalue weighted by atomic mass is 35.5. The van der Waals surface area contributed by atoms with Gasteiger partial charge in [0.15, 0.2) is 0 Å². The number of aliphatic hydroxyl groups is 1. The summed E-state index contributed by atoms with van der Waals surface area (Å²) in [5.41, 5.74) is 1.96. The summed E-state index contributed by atoms with van der Waals surface area (Å²) in [4.78, 5) is 11.9. The second-order valence-corrected chi connectivity index (χ2v) is 5.93. The third kappa shape index (κ3) is 6.34. The summed E-state index contributed by atoms with van der Waals surface area (Å²) in [5, 5.41) is 15.8. The molecule has 1 amide bonds. The second kappa shape index (κ2) is 9.82. The molecule has 1 aliphatic heterocycles. The average molecular weight is 327 g/mol. The Hall–Kier alpha value is -1.10. The minimum Gasteiger partial charge on any atom is -0.389 e. The van der Waals surface area contributed by atoms with Crippen LogP contribution in [0.5, 0.6) is 0 Å². The molecule has 1 fully saturated rings. The summed E-state index contributed by atoms with van der Waals surface area (Å²) in [7, 11) is 0. The van der Waals surface area contributed by atoms with Gasteiger partial charge in [0.05, 0.1) is 6.10 Å². The number of benzene rings is 1. The van der Waals surface area contributed by atoms with Crippen molar-refractivity contribution in [3.63, 3.8) is 0 Å². The molecular weight excluding hydrogens is 300 g/mol. The fraction of sp³-hybridized carbons (Fsp3) is 0.588. The summed E-state index contributed by atoms with van der Waals surface area (Å²) in [6.45, 7) is 4.48. The molecule has 1 aliphatic rings. The van der Waals surface area contributed by atoms with E-state index in [0.717, 1.165) is 30.6 Å². The molecule has 0 aliphatic carbocycles. The maximum Gasteiger partial charge on any atom is 0.220 e. The molecule has 4 nitrogen and oxygen atoms in total. The van der Waals surface area contributed by atoms with Gasteiger partial charge in [-0.2, -0.15) is 0 Å². The van der Waals surface area contributed by atoms with Crippen LogP contribution in [0.25, 0.3) is 0 Å². The molecule has 1 unspecified atom stereocenters. The van der Waals surface area contributed by atoms with Gasteiger partial charge in [-0.15, -0.1) is 12.4 Å². The third-order valence-corrected chi connectivity index (χ3v) is 4.19. The fourth-order valence-corrected chi connectivity index (χ4v) is 2.71. The molecule has 0 saturated carbocycles. The molecule has 3 N–H and O–H groups in total. The Morgan fingerprint density at radius 1 is 1.32 bits per heavy atom. The second-order valence-electron chi connectivity index (χ2n) is 5.93. The first-order valence-electron chi connectivity index (χ1n) is 7.89. The van der Waals surface area contributed by atoms with E-state index < -0.39 is 6.10 Å². The van der Waals surface area contributed by atoms with Gasteiger partial charge in [-0.3, -0.25) is 4.79 Å². The number of piperidine rings is 1. The Kier molecular flexibility index (Phi) is 8.46. The summed E-state index contributed by atoms with van der Waals surface area (Å²) in [6, 6.07) is 7.71. The van der Waals surface area contributed by atoms with Crippen molar-refractivity contribution in [2.24, 2.45) is 5.92 Å².